The molecule has 1 amide bonds. The molecule has 3 aliphatic rings. The lowest BCUT2D eigenvalue weighted by Crippen LogP contribution is -2.49. The average molecular weight is 419 g/mol. The van der Waals surface area contributed by atoms with E-state index in [1.165, 1.54) is 18.4 Å². The lowest BCUT2D eigenvalue weighted by atomic mass is 9.74. The average Bonchev–Trinajstić information content (AvgIpc) is 3.16. The number of carboxylic acid groups (broad SMARTS) is 1. The largest absolute Gasteiger partial charge is 0.480 e. The summed E-state index contributed by atoms with van der Waals surface area (Å²) in [4.78, 5) is 28.9. The Kier molecular flexibility index (Phi) is 5.30. The minimum Gasteiger partial charge on any atom is -0.480 e. The molecule has 0 bridgehead atoms. The summed E-state index contributed by atoms with van der Waals surface area (Å²) in [5.74, 6) is -0.992. The highest BCUT2D eigenvalue weighted by Gasteiger charge is 2.41. The van der Waals surface area contributed by atoms with Gasteiger partial charge in [0.1, 0.15) is 6.04 Å². The Morgan fingerprint density at radius 1 is 0.935 bits per heavy atom. The van der Waals surface area contributed by atoms with Crippen LogP contribution in [0.2, 0.25) is 0 Å². The van der Waals surface area contributed by atoms with Crippen LogP contribution >= 0.6 is 0 Å². The molecular weight excluding hydrogens is 388 g/mol. The summed E-state index contributed by atoms with van der Waals surface area (Å²) < 4.78 is 0. The number of benzene rings is 2. The first-order valence-electron chi connectivity index (χ1n) is 11.5. The van der Waals surface area contributed by atoms with Crippen LogP contribution in [0.25, 0.3) is 0 Å². The number of carboxylic acids is 1. The van der Waals surface area contributed by atoms with E-state index in [4.69, 9.17) is 0 Å². The molecule has 1 unspecified atom stereocenters. The Bertz CT molecular complexity index is 994. The first-order chi connectivity index (χ1) is 15.1. The topological polar surface area (TPSA) is 60.9 Å². The van der Waals surface area contributed by atoms with Crippen LogP contribution in [0.5, 0.6) is 0 Å². The van der Waals surface area contributed by atoms with Crippen molar-refractivity contribution in [3.05, 3.63) is 65.2 Å². The van der Waals surface area contributed by atoms with Crippen LogP contribution in [0.15, 0.2) is 48.5 Å². The van der Waals surface area contributed by atoms with E-state index in [0.717, 1.165) is 37.2 Å². The standard InChI is InChI=1S/C26H30N2O3/c29-24(28-22-8-4-2-6-20(22)9-10-23(28)25(30)31)12-16-27-17-14-26(15-18-27)13-11-19-5-1-3-7-21(19)26/h1-8,23H,9-18H2,(H,30,31). The first-order valence-corrected chi connectivity index (χ1v) is 11.5. The number of para-hydroxylation sites is 1. The van der Waals surface area contributed by atoms with E-state index in [2.05, 4.69) is 29.2 Å². The van der Waals surface area contributed by atoms with Crippen molar-refractivity contribution in [3.63, 3.8) is 0 Å². The van der Waals surface area contributed by atoms with Gasteiger partial charge in [0.05, 0.1) is 0 Å². The van der Waals surface area contributed by atoms with E-state index in [0.29, 0.717) is 31.2 Å². The van der Waals surface area contributed by atoms with Crippen LogP contribution in [0.3, 0.4) is 0 Å². The number of aryl methyl sites for hydroxylation is 2. The highest BCUT2D eigenvalue weighted by atomic mass is 16.4. The second kappa shape index (κ2) is 8.12. The molecule has 31 heavy (non-hydrogen) atoms. The maximum atomic E-state index is 13.2. The van der Waals surface area contributed by atoms with Crippen molar-refractivity contribution in [1.29, 1.82) is 0 Å². The Labute approximate surface area is 183 Å². The van der Waals surface area contributed by atoms with Crippen molar-refractivity contribution >= 4 is 17.6 Å². The monoisotopic (exact) mass is 418 g/mol. The number of hydrogen-bond acceptors (Lipinski definition) is 3. The molecule has 5 heteroatoms. The zero-order chi connectivity index (χ0) is 21.4. The van der Waals surface area contributed by atoms with Gasteiger partial charge in [-0.3, -0.25) is 9.69 Å². The fourth-order valence-electron chi connectivity index (χ4n) is 5.95. The quantitative estimate of drug-likeness (QED) is 0.821. The van der Waals surface area contributed by atoms with E-state index in [1.54, 1.807) is 10.5 Å². The second-order valence-corrected chi connectivity index (χ2v) is 9.31. The molecule has 0 aromatic heterocycles. The molecule has 1 saturated heterocycles. The summed E-state index contributed by atoms with van der Waals surface area (Å²) in [7, 11) is 0. The highest BCUT2D eigenvalue weighted by Crippen LogP contribution is 2.46. The fraction of sp³-hybridized carbons (Fsp3) is 0.462. The Balaban J connectivity index is 1.23. The Morgan fingerprint density at radius 2 is 1.65 bits per heavy atom. The number of hydrogen-bond donors (Lipinski definition) is 1. The van der Waals surface area contributed by atoms with Gasteiger partial charge in [-0.25, -0.2) is 4.79 Å². The Morgan fingerprint density at radius 3 is 2.42 bits per heavy atom. The third-order valence-electron chi connectivity index (χ3n) is 7.72. The number of carbonyl (C=O) groups is 2. The molecule has 2 aliphatic heterocycles. The summed E-state index contributed by atoms with van der Waals surface area (Å²) in [6.07, 6.45) is 6.24. The molecule has 5 nitrogen and oxygen atoms in total. The third-order valence-corrected chi connectivity index (χ3v) is 7.72. The molecule has 1 aliphatic carbocycles. The van der Waals surface area contributed by atoms with Crippen molar-refractivity contribution in [2.75, 3.05) is 24.5 Å². The summed E-state index contributed by atoms with van der Waals surface area (Å²) >= 11 is 0. The number of amides is 1. The Hall–Kier alpha value is -2.66. The number of aliphatic carboxylic acids is 1. The predicted molar refractivity (Wildman–Crippen MR) is 120 cm³/mol. The van der Waals surface area contributed by atoms with Crippen LogP contribution in [-0.2, 0) is 27.8 Å². The van der Waals surface area contributed by atoms with Gasteiger partial charge in [0.2, 0.25) is 5.91 Å². The SMILES string of the molecule is O=C(O)C1CCc2ccccc2N1C(=O)CCN1CCC2(CCc3ccccc32)CC1. The zero-order valence-electron chi connectivity index (χ0n) is 17.9. The van der Waals surface area contributed by atoms with E-state index >= 15 is 0 Å². The van der Waals surface area contributed by atoms with Gasteiger partial charge in [-0.05, 0) is 79.8 Å². The molecule has 2 heterocycles. The van der Waals surface area contributed by atoms with Crippen LogP contribution in [0.1, 0.15) is 48.8 Å². The van der Waals surface area contributed by atoms with Gasteiger partial charge in [-0.1, -0.05) is 42.5 Å². The van der Waals surface area contributed by atoms with Gasteiger partial charge in [0.15, 0.2) is 0 Å². The van der Waals surface area contributed by atoms with Gasteiger partial charge in [0.25, 0.3) is 0 Å². The minimum atomic E-state index is -0.914. The molecule has 1 spiro atoms. The van der Waals surface area contributed by atoms with Gasteiger partial charge < -0.3 is 10.0 Å². The zero-order valence-corrected chi connectivity index (χ0v) is 17.9. The van der Waals surface area contributed by atoms with Crippen LogP contribution in [-0.4, -0.2) is 47.6 Å². The number of fused-ring (bicyclic) bond motifs is 3. The summed E-state index contributed by atoms with van der Waals surface area (Å²) in [5.41, 5.74) is 5.20. The molecule has 0 radical (unpaired) electrons. The van der Waals surface area contributed by atoms with Crippen LogP contribution in [0.4, 0.5) is 5.69 Å². The third kappa shape index (κ3) is 3.65. The summed E-state index contributed by atoms with van der Waals surface area (Å²) in [6.45, 7) is 2.70. The van der Waals surface area contributed by atoms with E-state index in [-0.39, 0.29) is 5.91 Å². The summed E-state index contributed by atoms with van der Waals surface area (Å²) in [5, 5.41) is 9.69. The number of carbonyl (C=O) groups excluding carboxylic acids is 1. The van der Waals surface area contributed by atoms with Crippen molar-refractivity contribution in [2.45, 2.75) is 56.4 Å². The summed E-state index contributed by atoms with van der Waals surface area (Å²) in [6, 6.07) is 15.8. The van der Waals surface area contributed by atoms with Crippen molar-refractivity contribution in [3.8, 4) is 0 Å². The number of anilines is 1. The number of likely N-dealkylation sites (tertiary alicyclic amines) is 1. The second-order valence-electron chi connectivity index (χ2n) is 9.31. The first kappa shape index (κ1) is 20.3. The predicted octanol–water partition coefficient (Wildman–Crippen LogP) is 3.79. The molecular formula is C26H30N2O3. The molecule has 1 atom stereocenters. The molecule has 1 N–H and O–H groups in total. The number of nitrogens with zero attached hydrogens (tertiary/aromatic N) is 2. The van der Waals surface area contributed by atoms with E-state index < -0.39 is 12.0 Å². The van der Waals surface area contributed by atoms with Crippen molar-refractivity contribution in [2.24, 2.45) is 0 Å². The molecule has 2 aromatic carbocycles. The number of rotatable bonds is 4. The highest BCUT2D eigenvalue weighted by molar-refractivity contribution is 6.00. The van der Waals surface area contributed by atoms with E-state index in [9.17, 15) is 14.7 Å². The maximum Gasteiger partial charge on any atom is 0.326 e. The van der Waals surface area contributed by atoms with Gasteiger partial charge in [0, 0.05) is 18.7 Å². The normalized spacial score (nSPS) is 22.2. The maximum absolute atomic E-state index is 13.2. The van der Waals surface area contributed by atoms with Crippen molar-refractivity contribution in [1.82, 2.24) is 4.90 Å². The van der Waals surface area contributed by atoms with Gasteiger partial charge in [-0.2, -0.15) is 0 Å². The van der Waals surface area contributed by atoms with Gasteiger partial charge in [-0.15, -0.1) is 0 Å². The lowest BCUT2D eigenvalue weighted by molar-refractivity contribution is -0.140. The smallest absolute Gasteiger partial charge is 0.326 e. The van der Waals surface area contributed by atoms with E-state index in [1.807, 2.05) is 24.3 Å². The minimum absolute atomic E-state index is 0.0777. The molecule has 5 rings (SSSR count). The van der Waals surface area contributed by atoms with Crippen LogP contribution in [0, 0.1) is 0 Å². The number of piperidine rings is 1. The van der Waals surface area contributed by atoms with Crippen molar-refractivity contribution < 1.29 is 14.7 Å². The fourth-order valence-corrected chi connectivity index (χ4v) is 5.95. The molecule has 1 fully saturated rings. The molecule has 0 saturated carbocycles. The van der Waals surface area contributed by atoms with Crippen LogP contribution < -0.4 is 4.90 Å². The van der Waals surface area contributed by atoms with Gasteiger partial charge >= 0.3 is 5.97 Å². The molecule has 162 valence electrons. The lowest BCUT2D eigenvalue weighted by Gasteiger charge is -2.40. The molecule has 2 aromatic rings.